The van der Waals surface area contributed by atoms with E-state index in [4.69, 9.17) is 4.52 Å². The van der Waals surface area contributed by atoms with Crippen LogP contribution in [0, 0.1) is 17.6 Å². The molecule has 20 heavy (non-hydrogen) atoms. The van der Waals surface area contributed by atoms with Gasteiger partial charge in [0.15, 0.2) is 5.82 Å². The number of hydrogen-bond donors (Lipinski definition) is 1. The summed E-state index contributed by atoms with van der Waals surface area (Å²) in [4.78, 5) is 4.10. The van der Waals surface area contributed by atoms with Crippen LogP contribution in [0.15, 0.2) is 22.7 Å². The number of benzene rings is 1. The zero-order chi connectivity index (χ0) is 14.7. The average Bonchev–Trinajstić information content (AvgIpc) is 2.74. The molecule has 0 amide bonds. The minimum Gasteiger partial charge on any atom is -0.392 e. The standard InChI is InChI=1S/C14H16F2N2O2/c1-8(2)12(19)7-14-17-13(18-20-14)5-9-3-10(15)6-11(16)4-9/h3-4,6,8,12,19H,5,7H2,1-2H3. The molecule has 0 bridgehead atoms. The molecule has 1 atom stereocenters. The number of halogens is 2. The minimum absolute atomic E-state index is 0.0858. The normalized spacial score (nSPS) is 12.9. The summed E-state index contributed by atoms with van der Waals surface area (Å²) in [6, 6.07) is 3.26. The summed E-state index contributed by atoms with van der Waals surface area (Å²) in [5.74, 6) is -0.542. The van der Waals surface area contributed by atoms with Gasteiger partial charge in [0.25, 0.3) is 0 Å². The largest absolute Gasteiger partial charge is 0.392 e. The van der Waals surface area contributed by atoms with Gasteiger partial charge in [0.1, 0.15) is 11.6 Å². The van der Waals surface area contributed by atoms with E-state index in [0.717, 1.165) is 6.07 Å². The van der Waals surface area contributed by atoms with Crippen LogP contribution in [0.5, 0.6) is 0 Å². The SMILES string of the molecule is CC(C)C(O)Cc1nc(Cc2cc(F)cc(F)c2)no1. The highest BCUT2D eigenvalue weighted by Gasteiger charge is 2.15. The highest BCUT2D eigenvalue weighted by Crippen LogP contribution is 2.13. The van der Waals surface area contributed by atoms with Crippen LogP contribution in [0.4, 0.5) is 8.78 Å². The quantitative estimate of drug-likeness (QED) is 0.915. The molecule has 6 heteroatoms. The van der Waals surface area contributed by atoms with Crippen LogP contribution < -0.4 is 0 Å². The highest BCUT2D eigenvalue weighted by molar-refractivity contribution is 5.21. The van der Waals surface area contributed by atoms with Gasteiger partial charge in [0.2, 0.25) is 5.89 Å². The van der Waals surface area contributed by atoms with Crippen LogP contribution in [0.25, 0.3) is 0 Å². The second kappa shape index (κ2) is 6.09. The molecule has 4 nitrogen and oxygen atoms in total. The fraction of sp³-hybridized carbons (Fsp3) is 0.429. The third kappa shape index (κ3) is 3.84. The van der Waals surface area contributed by atoms with Crippen molar-refractivity contribution in [3.05, 3.63) is 47.1 Å². The zero-order valence-electron chi connectivity index (χ0n) is 11.3. The molecule has 1 aromatic heterocycles. The molecule has 0 saturated heterocycles. The Bertz CT molecular complexity index is 564. The molecule has 1 N–H and O–H groups in total. The van der Waals surface area contributed by atoms with Gasteiger partial charge in [-0.2, -0.15) is 4.98 Å². The fourth-order valence-corrected chi connectivity index (χ4v) is 1.76. The molecule has 1 unspecified atom stereocenters. The fourth-order valence-electron chi connectivity index (χ4n) is 1.76. The second-order valence-corrected chi connectivity index (χ2v) is 5.07. The van der Waals surface area contributed by atoms with Crippen LogP contribution in [-0.4, -0.2) is 21.4 Å². The van der Waals surface area contributed by atoms with Crippen molar-refractivity contribution in [1.82, 2.24) is 10.1 Å². The van der Waals surface area contributed by atoms with Gasteiger partial charge < -0.3 is 9.63 Å². The van der Waals surface area contributed by atoms with Crippen molar-refractivity contribution in [2.75, 3.05) is 0 Å². The summed E-state index contributed by atoms with van der Waals surface area (Å²) >= 11 is 0. The summed E-state index contributed by atoms with van der Waals surface area (Å²) in [5.41, 5.74) is 0.430. The second-order valence-electron chi connectivity index (χ2n) is 5.07. The Kier molecular flexibility index (Phi) is 4.44. The molecule has 0 radical (unpaired) electrons. The summed E-state index contributed by atoms with van der Waals surface area (Å²) in [7, 11) is 0. The number of aliphatic hydroxyl groups excluding tert-OH is 1. The van der Waals surface area contributed by atoms with Gasteiger partial charge in [0, 0.05) is 12.5 Å². The van der Waals surface area contributed by atoms with Crippen LogP contribution in [0.2, 0.25) is 0 Å². The predicted octanol–water partition coefficient (Wildman–Crippen LogP) is 2.50. The molecular weight excluding hydrogens is 266 g/mol. The lowest BCUT2D eigenvalue weighted by molar-refractivity contribution is 0.116. The number of rotatable bonds is 5. The zero-order valence-corrected chi connectivity index (χ0v) is 11.3. The van der Waals surface area contributed by atoms with Crippen molar-refractivity contribution in [3.63, 3.8) is 0 Å². The Morgan fingerprint density at radius 3 is 2.45 bits per heavy atom. The molecule has 108 valence electrons. The average molecular weight is 282 g/mol. The summed E-state index contributed by atoms with van der Waals surface area (Å²) in [5, 5.41) is 13.5. The number of nitrogens with zero attached hydrogens (tertiary/aromatic N) is 2. The summed E-state index contributed by atoms with van der Waals surface area (Å²) in [6.07, 6.45) is -0.118. The van der Waals surface area contributed by atoms with E-state index in [2.05, 4.69) is 10.1 Å². The minimum atomic E-state index is -0.640. The van der Waals surface area contributed by atoms with E-state index >= 15 is 0 Å². The molecule has 1 aromatic carbocycles. The maximum atomic E-state index is 13.1. The van der Waals surface area contributed by atoms with E-state index < -0.39 is 17.7 Å². The van der Waals surface area contributed by atoms with Crippen molar-refractivity contribution < 1.29 is 18.4 Å². The van der Waals surface area contributed by atoms with Crippen LogP contribution >= 0.6 is 0 Å². The number of aliphatic hydroxyl groups is 1. The lowest BCUT2D eigenvalue weighted by Gasteiger charge is -2.10. The van der Waals surface area contributed by atoms with Gasteiger partial charge in [-0.05, 0) is 23.6 Å². The summed E-state index contributed by atoms with van der Waals surface area (Å²) < 4.78 is 31.1. The van der Waals surface area contributed by atoms with E-state index in [-0.39, 0.29) is 18.8 Å². The smallest absolute Gasteiger partial charge is 0.229 e. The molecule has 0 saturated carbocycles. The lowest BCUT2D eigenvalue weighted by atomic mass is 10.0. The number of aromatic nitrogens is 2. The van der Waals surface area contributed by atoms with Gasteiger partial charge in [-0.15, -0.1) is 0 Å². The van der Waals surface area contributed by atoms with Crippen LogP contribution in [0.3, 0.4) is 0 Å². The van der Waals surface area contributed by atoms with Gasteiger partial charge >= 0.3 is 0 Å². The van der Waals surface area contributed by atoms with Crippen molar-refractivity contribution in [1.29, 1.82) is 0 Å². The molecule has 0 aliphatic rings. The third-order valence-electron chi connectivity index (χ3n) is 2.95. The number of hydrogen-bond acceptors (Lipinski definition) is 4. The topological polar surface area (TPSA) is 59.2 Å². The molecule has 0 aliphatic heterocycles. The van der Waals surface area contributed by atoms with Crippen LogP contribution in [0.1, 0.15) is 31.1 Å². The predicted molar refractivity (Wildman–Crippen MR) is 68.0 cm³/mol. The maximum Gasteiger partial charge on any atom is 0.229 e. The first-order valence-corrected chi connectivity index (χ1v) is 6.38. The van der Waals surface area contributed by atoms with E-state index in [1.54, 1.807) is 0 Å². The molecule has 2 rings (SSSR count). The first-order valence-electron chi connectivity index (χ1n) is 6.38. The van der Waals surface area contributed by atoms with Gasteiger partial charge in [-0.1, -0.05) is 19.0 Å². The Labute approximate surface area is 115 Å². The summed E-state index contributed by atoms with van der Waals surface area (Å²) in [6.45, 7) is 3.77. The molecule has 1 heterocycles. The Morgan fingerprint density at radius 2 is 1.85 bits per heavy atom. The van der Waals surface area contributed by atoms with Crippen molar-refractivity contribution in [3.8, 4) is 0 Å². The lowest BCUT2D eigenvalue weighted by Crippen LogP contribution is -2.17. The first kappa shape index (κ1) is 14.6. The Hall–Kier alpha value is -1.82. The maximum absolute atomic E-state index is 13.1. The third-order valence-corrected chi connectivity index (χ3v) is 2.95. The molecule has 0 spiro atoms. The van der Waals surface area contributed by atoms with E-state index in [1.807, 2.05) is 13.8 Å². The monoisotopic (exact) mass is 282 g/mol. The molecule has 0 fully saturated rings. The van der Waals surface area contributed by atoms with E-state index in [1.165, 1.54) is 12.1 Å². The molecule has 2 aromatic rings. The van der Waals surface area contributed by atoms with Crippen molar-refractivity contribution >= 4 is 0 Å². The molecular formula is C14H16F2N2O2. The Morgan fingerprint density at radius 1 is 1.20 bits per heavy atom. The van der Waals surface area contributed by atoms with Crippen LogP contribution in [-0.2, 0) is 12.8 Å². The van der Waals surface area contributed by atoms with Gasteiger partial charge in [-0.25, -0.2) is 8.78 Å². The van der Waals surface area contributed by atoms with Gasteiger partial charge in [-0.3, -0.25) is 0 Å². The van der Waals surface area contributed by atoms with E-state index in [0.29, 0.717) is 17.3 Å². The molecule has 0 aliphatic carbocycles. The first-order chi connectivity index (χ1) is 9.44. The van der Waals surface area contributed by atoms with Gasteiger partial charge in [0.05, 0.1) is 12.5 Å². The van der Waals surface area contributed by atoms with Crippen molar-refractivity contribution in [2.45, 2.75) is 32.8 Å². The van der Waals surface area contributed by atoms with E-state index in [9.17, 15) is 13.9 Å². The van der Waals surface area contributed by atoms with Crippen molar-refractivity contribution in [2.24, 2.45) is 5.92 Å². The Balaban J connectivity index is 2.05. The highest BCUT2D eigenvalue weighted by atomic mass is 19.1.